The van der Waals surface area contributed by atoms with Crippen LogP contribution in [0, 0.1) is 11.7 Å². The highest BCUT2D eigenvalue weighted by Gasteiger charge is 2.19. The maximum absolute atomic E-state index is 14.1. The maximum Gasteiger partial charge on any atom is 0.131 e. The second-order valence-electron chi connectivity index (χ2n) is 5.26. The first kappa shape index (κ1) is 16.9. The number of benzene rings is 1. The molecule has 0 radical (unpaired) electrons. The quantitative estimate of drug-likeness (QED) is 0.532. The molecule has 114 valence electrons. The fourth-order valence-corrected chi connectivity index (χ4v) is 2.52. The molecule has 0 saturated heterocycles. The Balaban J connectivity index is 2.79. The zero-order valence-electron chi connectivity index (χ0n) is 12.8. The van der Waals surface area contributed by atoms with Crippen LogP contribution < -0.4 is 16.0 Å². The lowest BCUT2D eigenvalue weighted by Crippen LogP contribution is -2.30. The smallest absolute Gasteiger partial charge is 0.131 e. The second-order valence-corrected chi connectivity index (χ2v) is 5.26. The van der Waals surface area contributed by atoms with Crippen molar-refractivity contribution in [1.29, 1.82) is 0 Å². The lowest BCUT2D eigenvalue weighted by molar-refractivity contribution is 0.349. The van der Waals surface area contributed by atoms with E-state index >= 15 is 0 Å². The van der Waals surface area contributed by atoms with E-state index in [-0.39, 0.29) is 11.9 Å². The molecule has 0 aliphatic heterocycles. The Hall–Kier alpha value is -1.13. The average Bonchev–Trinajstić information content (AvgIpc) is 2.48. The molecule has 0 spiro atoms. The highest BCUT2D eigenvalue weighted by Crippen LogP contribution is 2.29. The first-order valence-electron chi connectivity index (χ1n) is 7.45. The third-order valence-corrected chi connectivity index (χ3v) is 3.90. The van der Waals surface area contributed by atoms with Crippen LogP contribution in [0.4, 0.5) is 4.39 Å². The van der Waals surface area contributed by atoms with Crippen molar-refractivity contribution in [2.75, 3.05) is 7.11 Å². The van der Waals surface area contributed by atoms with Crippen LogP contribution in [0.5, 0.6) is 5.75 Å². The number of methoxy groups -OCH3 is 1. The van der Waals surface area contributed by atoms with E-state index in [4.69, 9.17) is 10.6 Å². The monoisotopic (exact) mass is 282 g/mol. The van der Waals surface area contributed by atoms with Crippen LogP contribution in [0.2, 0.25) is 0 Å². The number of halogens is 1. The Bertz CT molecular complexity index is 398. The lowest BCUT2D eigenvalue weighted by atomic mass is 9.89. The second kappa shape index (κ2) is 8.93. The molecule has 0 aliphatic carbocycles. The van der Waals surface area contributed by atoms with Crippen molar-refractivity contribution >= 4 is 0 Å². The van der Waals surface area contributed by atoms with Crippen LogP contribution in [0.3, 0.4) is 0 Å². The predicted octanol–water partition coefficient (Wildman–Crippen LogP) is 3.95. The van der Waals surface area contributed by atoms with E-state index in [1.165, 1.54) is 32.4 Å². The average molecular weight is 282 g/mol. The van der Waals surface area contributed by atoms with Gasteiger partial charge in [0.2, 0.25) is 0 Å². The SMILES string of the molecule is CCCCC(CC)CC(NN)c1ccc(OC)cc1F. The molecule has 3 N–H and O–H groups in total. The Morgan fingerprint density at radius 1 is 1.35 bits per heavy atom. The molecule has 20 heavy (non-hydrogen) atoms. The highest BCUT2D eigenvalue weighted by molar-refractivity contribution is 5.30. The van der Waals surface area contributed by atoms with Gasteiger partial charge in [0.15, 0.2) is 0 Å². The number of ether oxygens (including phenoxy) is 1. The molecule has 2 atom stereocenters. The summed E-state index contributed by atoms with van der Waals surface area (Å²) in [6.07, 6.45) is 5.52. The van der Waals surface area contributed by atoms with Crippen molar-refractivity contribution in [2.45, 2.75) is 52.0 Å². The zero-order valence-corrected chi connectivity index (χ0v) is 12.8. The van der Waals surface area contributed by atoms with Crippen molar-refractivity contribution in [2.24, 2.45) is 11.8 Å². The van der Waals surface area contributed by atoms with Crippen LogP contribution in [-0.4, -0.2) is 7.11 Å². The summed E-state index contributed by atoms with van der Waals surface area (Å²) in [5, 5.41) is 0. The van der Waals surface area contributed by atoms with Gasteiger partial charge in [-0.3, -0.25) is 11.3 Å². The van der Waals surface area contributed by atoms with Crippen LogP contribution >= 0.6 is 0 Å². The van der Waals surface area contributed by atoms with Crippen molar-refractivity contribution < 1.29 is 9.13 Å². The number of hydrazine groups is 1. The van der Waals surface area contributed by atoms with E-state index in [9.17, 15) is 4.39 Å². The third-order valence-electron chi connectivity index (χ3n) is 3.90. The summed E-state index contributed by atoms with van der Waals surface area (Å²) in [7, 11) is 1.53. The summed E-state index contributed by atoms with van der Waals surface area (Å²) < 4.78 is 19.1. The summed E-state index contributed by atoms with van der Waals surface area (Å²) >= 11 is 0. The van der Waals surface area contributed by atoms with Gasteiger partial charge in [-0.05, 0) is 18.4 Å². The van der Waals surface area contributed by atoms with E-state index in [0.717, 1.165) is 12.8 Å². The molecule has 0 aromatic heterocycles. The maximum atomic E-state index is 14.1. The number of hydrogen-bond donors (Lipinski definition) is 2. The van der Waals surface area contributed by atoms with Gasteiger partial charge in [-0.1, -0.05) is 45.6 Å². The van der Waals surface area contributed by atoms with Gasteiger partial charge in [-0.25, -0.2) is 4.39 Å². The van der Waals surface area contributed by atoms with Crippen molar-refractivity contribution in [3.63, 3.8) is 0 Å². The van der Waals surface area contributed by atoms with Gasteiger partial charge in [0.05, 0.1) is 7.11 Å². The van der Waals surface area contributed by atoms with Crippen molar-refractivity contribution in [3.8, 4) is 5.75 Å². The minimum absolute atomic E-state index is 0.150. The molecule has 0 saturated carbocycles. The van der Waals surface area contributed by atoms with Crippen LogP contribution in [0.15, 0.2) is 18.2 Å². The van der Waals surface area contributed by atoms with Gasteiger partial charge in [-0.2, -0.15) is 0 Å². The molecule has 2 unspecified atom stereocenters. The van der Waals surface area contributed by atoms with Gasteiger partial charge in [-0.15, -0.1) is 0 Å². The summed E-state index contributed by atoms with van der Waals surface area (Å²) in [6.45, 7) is 4.37. The van der Waals surface area contributed by atoms with Crippen molar-refractivity contribution in [3.05, 3.63) is 29.6 Å². The third kappa shape index (κ3) is 4.76. The number of rotatable bonds is 9. The highest BCUT2D eigenvalue weighted by atomic mass is 19.1. The standard InChI is InChI=1S/C16H27FN2O/c1-4-6-7-12(5-2)10-16(19-18)14-9-8-13(20-3)11-15(14)17/h8-9,11-12,16,19H,4-7,10,18H2,1-3H3. The normalized spacial score (nSPS) is 14.1. The Morgan fingerprint density at radius 2 is 2.10 bits per heavy atom. The van der Waals surface area contributed by atoms with E-state index in [0.29, 0.717) is 17.2 Å². The van der Waals surface area contributed by atoms with E-state index in [1.54, 1.807) is 12.1 Å². The van der Waals surface area contributed by atoms with Crippen molar-refractivity contribution in [1.82, 2.24) is 5.43 Å². The molecule has 0 amide bonds. The molecule has 1 aromatic carbocycles. The fraction of sp³-hybridized carbons (Fsp3) is 0.625. The summed E-state index contributed by atoms with van der Waals surface area (Å²) in [6, 6.07) is 4.79. The molecule has 0 aliphatic rings. The largest absolute Gasteiger partial charge is 0.497 e. The molecule has 3 nitrogen and oxygen atoms in total. The van der Waals surface area contributed by atoms with Gasteiger partial charge in [0.25, 0.3) is 0 Å². The van der Waals surface area contributed by atoms with Crippen LogP contribution in [0.25, 0.3) is 0 Å². The Morgan fingerprint density at radius 3 is 2.60 bits per heavy atom. The molecular formula is C16H27FN2O. The minimum Gasteiger partial charge on any atom is -0.497 e. The number of unbranched alkanes of at least 4 members (excludes halogenated alkanes) is 1. The van der Waals surface area contributed by atoms with Crippen LogP contribution in [0.1, 0.15) is 57.6 Å². The van der Waals surface area contributed by atoms with Gasteiger partial charge >= 0.3 is 0 Å². The summed E-state index contributed by atoms with van der Waals surface area (Å²) in [4.78, 5) is 0. The molecule has 4 heteroatoms. The Kier molecular flexibility index (Phi) is 7.55. The molecule has 0 bridgehead atoms. The van der Waals surface area contributed by atoms with Gasteiger partial charge in [0, 0.05) is 17.7 Å². The van der Waals surface area contributed by atoms with Gasteiger partial charge in [0.1, 0.15) is 11.6 Å². The van der Waals surface area contributed by atoms with Crippen LogP contribution in [-0.2, 0) is 0 Å². The zero-order chi connectivity index (χ0) is 15.0. The number of hydrogen-bond acceptors (Lipinski definition) is 3. The predicted molar refractivity (Wildman–Crippen MR) is 80.9 cm³/mol. The van der Waals surface area contributed by atoms with Gasteiger partial charge < -0.3 is 4.74 Å². The molecule has 1 rings (SSSR count). The first-order chi connectivity index (χ1) is 9.65. The van der Waals surface area contributed by atoms with E-state index in [1.807, 2.05) is 0 Å². The summed E-state index contributed by atoms with van der Waals surface area (Å²) in [5.74, 6) is 6.46. The molecular weight excluding hydrogens is 255 g/mol. The molecule has 0 heterocycles. The first-order valence-corrected chi connectivity index (χ1v) is 7.45. The van der Waals surface area contributed by atoms with E-state index in [2.05, 4.69) is 19.3 Å². The fourth-order valence-electron chi connectivity index (χ4n) is 2.52. The lowest BCUT2D eigenvalue weighted by Gasteiger charge is -2.23. The van der Waals surface area contributed by atoms with E-state index < -0.39 is 0 Å². The Labute approximate surface area is 121 Å². The molecule has 1 aromatic rings. The number of nitrogens with two attached hydrogens (primary N) is 1. The number of nitrogens with one attached hydrogen (secondary N) is 1. The minimum atomic E-state index is -0.266. The summed E-state index contributed by atoms with van der Waals surface area (Å²) in [5.41, 5.74) is 3.37. The topological polar surface area (TPSA) is 47.3 Å². The molecule has 0 fully saturated rings.